The Labute approximate surface area is 132 Å². The standard InChI is InChI=1S/C18H26ClFO/c1-18(2,3)14-7-5-13(6-8-14)17(21)11-12-4-9-16(20)15(19)10-12/h4,9-10,13-14,17,21H,5-8,11H2,1-3H3. The Balaban J connectivity index is 1.90. The third-order valence-electron chi connectivity index (χ3n) is 4.97. The quantitative estimate of drug-likeness (QED) is 0.809. The lowest BCUT2D eigenvalue weighted by Gasteiger charge is -2.38. The van der Waals surface area contributed by atoms with E-state index in [0.29, 0.717) is 17.8 Å². The van der Waals surface area contributed by atoms with Crippen molar-refractivity contribution in [2.75, 3.05) is 0 Å². The fraction of sp³-hybridized carbons (Fsp3) is 0.667. The second-order valence-corrected chi connectivity index (χ2v) is 7.90. The van der Waals surface area contributed by atoms with Gasteiger partial charge in [-0.2, -0.15) is 0 Å². The fourth-order valence-electron chi connectivity index (χ4n) is 3.44. The van der Waals surface area contributed by atoms with Crippen molar-refractivity contribution in [2.45, 2.75) is 59.0 Å². The van der Waals surface area contributed by atoms with Crippen LogP contribution in [0.3, 0.4) is 0 Å². The molecule has 0 bridgehead atoms. The molecule has 0 aromatic heterocycles. The first-order valence-electron chi connectivity index (χ1n) is 7.89. The summed E-state index contributed by atoms with van der Waals surface area (Å²) < 4.78 is 13.2. The number of rotatable bonds is 3. The third-order valence-corrected chi connectivity index (χ3v) is 5.26. The maximum Gasteiger partial charge on any atom is 0.141 e. The molecule has 1 fully saturated rings. The number of hydrogen-bond donors (Lipinski definition) is 1. The Kier molecular flexibility index (Phi) is 5.32. The molecule has 118 valence electrons. The van der Waals surface area contributed by atoms with Gasteiger partial charge >= 0.3 is 0 Å². The third kappa shape index (κ3) is 4.43. The molecule has 1 unspecified atom stereocenters. The maximum absolute atomic E-state index is 13.2. The first kappa shape index (κ1) is 16.8. The van der Waals surface area contributed by atoms with Crippen molar-refractivity contribution in [1.29, 1.82) is 0 Å². The van der Waals surface area contributed by atoms with Crippen molar-refractivity contribution in [1.82, 2.24) is 0 Å². The van der Waals surface area contributed by atoms with E-state index in [2.05, 4.69) is 20.8 Å². The average molecular weight is 313 g/mol. The zero-order valence-corrected chi connectivity index (χ0v) is 14.0. The molecule has 1 aromatic carbocycles. The van der Waals surface area contributed by atoms with Gasteiger partial charge in [-0.05, 0) is 67.1 Å². The molecule has 0 spiro atoms. The summed E-state index contributed by atoms with van der Waals surface area (Å²) in [5, 5.41) is 10.6. The summed E-state index contributed by atoms with van der Waals surface area (Å²) in [5.41, 5.74) is 1.27. The second-order valence-electron chi connectivity index (χ2n) is 7.50. The molecule has 1 atom stereocenters. The Hall–Kier alpha value is -0.600. The number of benzene rings is 1. The number of aliphatic hydroxyl groups is 1. The van der Waals surface area contributed by atoms with E-state index < -0.39 is 5.82 Å². The molecular weight excluding hydrogens is 287 g/mol. The van der Waals surface area contributed by atoms with Crippen LogP contribution in [0.5, 0.6) is 0 Å². The van der Waals surface area contributed by atoms with E-state index in [-0.39, 0.29) is 11.1 Å². The van der Waals surface area contributed by atoms with Gasteiger partial charge in [0.2, 0.25) is 0 Å². The highest BCUT2D eigenvalue weighted by Crippen LogP contribution is 2.41. The molecule has 0 heterocycles. The van der Waals surface area contributed by atoms with Crippen LogP contribution in [0.2, 0.25) is 5.02 Å². The van der Waals surface area contributed by atoms with Crippen LogP contribution >= 0.6 is 11.6 Å². The van der Waals surface area contributed by atoms with E-state index in [1.807, 2.05) is 0 Å². The lowest BCUT2D eigenvalue weighted by Crippen LogP contribution is -2.31. The van der Waals surface area contributed by atoms with Crippen molar-refractivity contribution >= 4 is 11.6 Å². The first-order chi connectivity index (χ1) is 9.77. The summed E-state index contributed by atoms with van der Waals surface area (Å²) in [6.45, 7) is 6.90. The van der Waals surface area contributed by atoms with Gasteiger partial charge in [0.05, 0.1) is 11.1 Å². The Morgan fingerprint density at radius 3 is 2.38 bits per heavy atom. The van der Waals surface area contributed by atoms with E-state index in [1.54, 1.807) is 12.1 Å². The van der Waals surface area contributed by atoms with Gasteiger partial charge in [-0.15, -0.1) is 0 Å². The van der Waals surface area contributed by atoms with E-state index in [4.69, 9.17) is 11.6 Å². The highest BCUT2D eigenvalue weighted by Gasteiger charge is 2.32. The Morgan fingerprint density at radius 1 is 1.24 bits per heavy atom. The summed E-state index contributed by atoms with van der Waals surface area (Å²) in [7, 11) is 0. The van der Waals surface area contributed by atoms with E-state index in [9.17, 15) is 9.50 Å². The molecule has 1 aromatic rings. The normalized spacial score (nSPS) is 24.9. The van der Waals surface area contributed by atoms with Gasteiger partial charge in [-0.1, -0.05) is 38.4 Å². The van der Waals surface area contributed by atoms with Gasteiger partial charge in [0, 0.05) is 0 Å². The molecule has 0 saturated heterocycles. The smallest absolute Gasteiger partial charge is 0.141 e. The van der Waals surface area contributed by atoms with Crippen molar-refractivity contribution in [3.05, 3.63) is 34.6 Å². The number of aliphatic hydroxyl groups excluding tert-OH is 1. The molecule has 1 aliphatic rings. The molecule has 2 rings (SSSR count). The molecular formula is C18H26ClFO. The number of halogens is 2. The van der Waals surface area contributed by atoms with Crippen LogP contribution in [0.1, 0.15) is 52.0 Å². The predicted molar refractivity (Wildman–Crippen MR) is 86.0 cm³/mol. The first-order valence-corrected chi connectivity index (χ1v) is 8.27. The zero-order chi connectivity index (χ0) is 15.6. The predicted octanol–water partition coefficient (Wildman–Crippen LogP) is 5.24. The monoisotopic (exact) mass is 312 g/mol. The minimum absolute atomic E-state index is 0.135. The van der Waals surface area contributed by atoms with Crippen LogP contribution in [0.25, 0.3) is 0 Å². The summed E-state index contributed by atoms with van der Waals surface area (Å²) >= 11 is 5.80. The Bertz CT molecular complexity index is 473. The van der Waals surface area contributed by atoms with Crippen LogP contribution in [0, 0.1) is 23.1 Å². The van der Waals surface area contributed by atoms with E-state index in [1.165, 1.54) is 18.9 Å². The van der Waals surface area contributed by atoms with Crippen LogP contribution in [0.4, 0.5) is 4.39 Å². The van der Waals surface area contributed by atoms with Crippen molar-refractivity contribution < 1.29 is 9.50 Å². The topological polar surface area (TPSA) is 20.2 Å². The molecule has 1 N–H and O–H groups in total. The van der Waals surface area contributed by atoms with Crippen LogP contribution in [-0.4, -0.2) is 11.2 Å². The minimum Gasteiger partial charge on any atom is -0.392 e. The van der Waals surface area contributed by atoms with Gasteiger partial charge < -0.3 is 5.11 Å². The van der Waals surface area contributed by atoms with Crippen LogP contribution in [-0.2, 0) is 6.42 Å². The molecule has 0 radical (unpaired) electrons. The van der Waals surface area contributed by atoms with E-state index >= 15 is 0 Å². The largest absolute Gasteiger partial charge is 0.392 e. The van der Waals surface area contributed by atoms with Gasteiger partial charge in [0.1, 0.15) is 5.82 Å². The molecule has 1 aliphatic carbocycles. The molecule has 21 heavy (non-hydrogen) atoms. The molecule has 1 saturated carbocycles. The van der Waals surface area contributed by atoms with Gasteiger partial charge in [0.25, 0.3) is 0 Å². The van der Waals surface area contributed by atoms with Crippen LogP contribution < -0.4 is 0 Å². The highest BCUT2D eigenvalue weighted by atomic mass is 35.5. The highest BCUT2D eigenvalue weighted by molar-refractivity contribution is 6.30. The summed E-state index contributed by atoms with van der Waals surface area (Å²) in [6, 6.07) is 4.72. The number of hydrogen-bond acceptors (Lipinski definition) is 1. The lowest BCUT2D eigenvalue weighted by molar-refractivity contribution is 0.0537. The summed E-state index contributed by atoms with van der Waals surface area (Å²) in [5.74, 6) is 0.703. The van der Waals surface area contributed by atoms with Crippen molar-refractivity contribution in [3.63, 3.8) is 0 Å². The Morgan fingerprint density at radius 2 is 1.86 bits per heavy atom. The zero-order valence-electron chi connectivity index (χ0n) is 13.2. The summed E-state index contributed by atoms with van der Waals surface area (Å²) in [4.78, 5) is 0. The molecule has 0 amide bonds. The van der Waals surface area contributed by atoms with Gasteiger partial charge in [0.15, 0.2) is 0 Å². The minimum atomic E-state index is -0.402. The summed E-state index contributed by atoms with van der Waals surface area (Å²) in [6.07, 6.45) is 4.75. The molecule has 1 nitrogen and oxygen atoms in total. The van der Waals surface area contributed by atoms with Gasteiger partial charge in [-0.25, -0.2) is 4.39 Å². The molecule has 0 aliphatic heterocycles. The molecule has 3 heteroatoms. The van der Waals surface area contributed by atoms with Crippen molar-refractivity contribution in [2.24, 2.45) is 17.3 Å². The lowest BCUT2D eigenvalue weighted by atomic mass is 9.68. The maximum atomic E-state index is 13.2. The van der Waals surface area contributed by atoms with Crippen LogP contribution in [0.15, 0.2) is 18.2 Å². The fourth-order valence-corrected chi connectivity index (χ4v) is 3.65. The second kappa shape index (κ2) is 6.66. The SMILES string of the molecule is CC(C)(C)C1CCC(C(O)Cc2ccc(F)c(Cl)c2)CC1. The van der Waals surface area contributed by atoms with E-state index in [0.717, 1.165) is 24.3 Å². The van der Waals surface area contributed by atoms with Gasteiger partial charge in [-0.3, -0.25) is 0 Å². The average Bonchev–Trinajstić information content (AvgIpc) is 2.42. The van der Waals surface area contributed by atoms with Crippen molar-refractivity contribution in [3.8, 4) is 0 Å².